The minimum Gasteiger partial charge on any atom is -0.505 e. The zero-order valence-electron chi connectivity index (χ0n) is 31.3. The van der Waals surface area contributed by atoms with Gasteiger partial charge in [0, 0.05) is 67.0 Å². The Bertz CT molecular complexity index is 1850. The number of phenolic OH excluding ortho intramolecular Hbond substituents is 1. The second-order valence-corrected chi connectivity index (χ2v) is 14.0. The van der Waals surface area contributed by atoms with Crippen LogP contribution in [0.3, 0.4) is 0 Å². The first-order valence-corrected chi connectivity index (χ1v) is 17.3. The number of phenols is 1. The van der Waals surface area contributed by atoms with Gasteiger partial charge in [-0.1, -0.05) is 45.9 Å². The molecule has 0 aliphatic carbocycles. The summed E-state index contributed by atoms with van der Waals surface area (Å²) in [6.45, 7) is 11.9. The van der Waals surface area contributed by atoms with Crippen molar-refractivity contribution in [3.8, 4) is 17.2 Å². The number of carbonyl (C=O) groups is 4. The molecule has 0 saturated heterocycles. The Morgan fingerprint density at radius 1 is 1.00 bits per heavy atom. The summed E-state index contributed by atoms with van der Waals surface area (Å²) in [7, 11) is 1.44. The summed E-state index contributed by atoms with van der Waals surface area (Å²) in [6.07, 6.45) is 3.70. The largest absolute Gasteiger partial charge is 0.505 e. The number of amides is 1. The lowest BCUT2D eigenvalue weighted by molar-refractivity contribution is -0.160. The van der Waals surface area contributed by atoms with Crippen molar-refractivity contribution in [1.29, 1.82) is 0 Å². The average Bonchev–Trinajstić information content (AvgIpc) is 3.37. The molecule has 0 aromatic heterocycles. The van der Waals surface area contributed by atoms with Crippen molar-refractivity contribution in [2.24, 2.45) is 23.7 Å². The Labute approximate surface area is 308 Å². The number of methoxy groups -OCH3 is 1. The number of aliphatic carboxylic acids is 1. The number of aliphatic hydroxyl groups is 2. The second-order valence-electron chi connectivity index (χ2n) is 14.0. The number of benzene rings is 2. The summed E-state index contributed by atoms with van der Waals surface area (Å²) in [5, 5.41) is 46.3. The number of ether oxygens (including phenoxy) is 5. The minimum atomic E-state index is -1.93. The molecule has 3 aliphatic heterocycles. The number of allylic oxidation sites excluding steroid dienone is 2. The van der Waals surface area contributed by atoms with Crippen LogP contribution >= 0.6 is 0 Å². The number of carbonyl (C=O) groups excluding carboxylic acids is 3. The summed E-state index contributed by atoms with van der Waals surface area (Å²) >= 11 is 0. The minimum absolute atomic E-state index is 0.0278. The average molecular weight is 740 g/mol. The maximum atomic E-state index is 14.2. The molecule has 1 amide bonds. The van der Waals surface area contributed by atoms with Gasteiger partial charge in [0.15, 0.2) is 6.61 Å². The number of fused-ring (bicyclic) bond motifs is 14. The molecule has 5 bridgehead atoms. The number of ketones is 1. The highest BCUT2D eigenvalue weighted by atomic mass is 16.7. The van der Waals surface area contributed by atoms with Crippen LogP contribution in [0.15, 0.2) is 48.3 Å². The van der Waals surface area contributed by atoms with E-state index in [1.165, 1.54) is 58.4 Å². The molecule has 9 unspecified atom stereocenters. The number of aromatic hydroxyl groups is 1. The standard InChI is InChI=1S/C39H49NO13/c1-18-11-10-12-19(2)38(48)40-26-16-28(50-17-29(42)43)30-25(34(26)46)15-20(3)35-31(30)37(47)39(8,53-35)51-14-13-27(49-9)21(4)36(52-24(7)41)23(6)33(45)22(5)32(18)44/h10-16,18,21-23,27,32-33,36,44-46H,17H2,1-9H3,(H,40,48)(H,42,43). The molecule has 0 radical (unpaired) electrons. The number of Topliss-reactive ketones (excluding diaryl/α,β-unsaturated/α-hetero) is 1. The molecule has 0 saturated carbocycles. The number of anilines is 1. The van der Waals surface area contributed by atoms with Gasteiger partial charge in [0.1, 0.15) is 23.4 Å². The van der Waals surface area contributed by atoms with Gasteiger partial charge >= 0.3 is 17.7 Å². The van der Waals surface area contributed by atoms with Crippen LogP contribution < -0.4 is 14.8 Å². The Kier molecular flexibility index (Phi) is 12.6. The maximum absolute atomic E-state index is 14.2. The summed E-state index contributed by atoms with van der Waals surface area (Å²) in [5.41, 5.74) is 0.513. The molecule has 2 aromatic carbocycles. The number of hydrogen-bond acceptors (Lipinski definition) is 12. The van der Waals surface area contributed by atoms with Crippen LogP contribution in [0.5, 0.6) is 17.2 Å². The summed E-state index contributed by atoms with van der Waals surface area (Å²) < 4.78 is 29.1. The monoisotopic (exact) mass is 739 g/mol. The van der Waals surface area contributed by atoms with Crippen molar-refractivity contribution >= 4 is 40.1 Å². The molecule has 0 spiro atoms. The summed E-state index contributed by atoms with van der Waals surface area (Å²) in [6, 6.07) is 2.76. The van der Waals surface area contributed by atoms with E-state index in [2.05, 4.69) is 5.32 Å². The number of aryl methyl sites for hydroxylation is 1. The van der Waals surface area contributed by atoms with E-state index in [-0.39, 0.29) is 39.1 Å². The zero-order chi connectivity index (χ0) is 39.5. The van der Waals surface area contributed by atoms with Crippen LogP contribution in [0.1, 0.15) is 64.4 Å². The fraction of sp³-hybridized carbons (Fsp3) is 0.487. The summed E-state index contributed by atoms with van der Waals surface area (Å²) in [5.74, 6) is -7.89. The first-order valence-electron chi connectivity index (χ1n) is 17.3. The van der Waals surface area contributed by atoms with Crippen molar-refractivity contribution < 1.29 is 63.3 Å². The van der Waals surface area contributed by atoms with Crippen molar-refractivity contribution in [2.45, 2.75) is 85.6 Å². The van der Waals surface area contributed by atoms with Crippen LogP contribution in [-0.2, 0) is 28.6 Å². The Morgan fingerprint density at radius 3 is 2.30 bits per heavy atom. The molecule has 5 N–H and O–H groups in total. The highest BCUT2D eigenvalue weighted by Crippen LogP contribution is 2.49. The van der Waals surface area contributed by atoms with Gasteiger partial charge in [-0.15, -0.1) is 0 Å². The fourth-order valence-corrected chi connectivity index (χ4v) is 6.83. The van der Waals surface area contributed by atoms with Gasteiger partial charge < -0.3 is 49.4 Å². The predicted molar refractivity (Wildman–Crippen MR) is 194 cm³/mol. The Hall–Kier alpha value is -4.92. The molecule has 3 aliphatic rings. The van der Waals surface area contributed by atoms with E-state index in [1.54, 1.807) is 46.8 Å². The van der Waals surface area contributed by atoms with Crippen LogP contribution in [0, 0.1) is 30.6 Å². The molecule has 9 atom stereocenters. The third-order valence-corrected chi connectivity index (χ3v) is 10.00. The number of hydrogen-bond donors (Lipinski definition) is 5. The molecule has 2 aromatic rings. The maximum Gasteiger partial charge on any atom is 0.341 e. The number of carboxylic acids is 1. The molecule has 288 valence electrons. The lowest BCUT2D eigenvalue weighted by atomic mass is 9.78. The first-order chi connectivity index (χ1) is 24.8. The van der Waals surface area contributed by atoms with Crippen molar-refractivity contribution in [2.75, 3.05) is 19.0 Å². The van der Waals surface area contributed by atoms with E-state index in [0.717, 1.165) is 0 Å². The van der Waals surface area contributed by atoms with E-state index in [1.807, 2.05) is 0 Å². The third kappa shape index (κ3) is 8.50. The number of rotatable bonds is 5. The van der Waals surface area contributed by atoms with Gasteiger partial charge in [-0.3, -0.25) is 14.4 Å². The molecule has 14 nitrogen and oxygen atoms in total. The first kappa shape index (κ1) is 40.8. The quantitative estimate of drug-likeness (QED) is 0.207. The van der Waals surface area contributed by atoms with Crippen molar-refractivity contribution in [1.82, 2.24) is 0 Å². The van der Waals surface area contributed by atoms with E-state index < -0.39 is 89.9 Å². The molecule has 3 heterocycles. The third-order valence-electron chi connectivity index (χ3n) is 10.00. The molecule has 14 heteroatoms. The number of aliphatic hydroxyl groups excluding tert-OH is 2. The molecular weight excluding hydrogens is 690 g/mol. The van der Waals surface area contributed by atoms with Gasteiger partial charge in [-0.25, -0.2) is 4.79 Å². The molecule has 53 heavy (non-hydrogen) atoms. The normalized spacial score (nSPS) is 29.7. The smallest absolute Gasteiger partial charge is 0.341 e. The lowest BCUT2D eigenvalue weighted by Gasteiger charge is -2.38. The Morgan fingerprint density at radius 2 is 1.68 bits per heavy atom. The van der Waals surface area contributed by atoms with Crippen molar-refractivity contribution in [3.05, 3.63) is 59.4 Å². The fourth-order valence-electron chi connectivity index (χ4n) is 6.83. The van der Waals surface area contributed by atoms with Crippen LogP contribution in [0.4, 0.5) is 5.69 Å². The van der Waals surface area contributed by atoms with Crippen LogP contribution in [0.2, 0.25) is 0 Å². The number of nitrogens with one attached hydrogen (secondary N) is 1. The van der Waals surface area contributed by atoms with Crippen molar-refractivity contribution in [3.63, 3.8) is 0 Å². The van der Waals surface area contributed by atoms with E-state index in [4.69, 9.17) is 23.7 Å². The molecular formula is C39H49NO13. The van der Waals surface area contributed by atoms with E-state index in [0.29, 0.717) is 5.56 Å². The van der Waals surface area contributed by atoms with E-state index in [9.17, 15) is 39.6 Å². The number of carboxylic acid groups (broad SMARTS) is 1. The molecule has 0 fully saturated rings. The summed E-state index contributed by atoms with van der Waals surface area (Å²) in [4.78, 5) is 51.3. The number of esters is 1. The SMILES string of the molecule is COC1C=COC2(C)Oc3c(C)cc4c(O)c(cc(OCC(=O)O)c4c3C2=O)NC(=O)C(C)=CC=CC(C)C(O)C(C)C(O)C(C)C(OC(C)=O)C1C. The lowest BCUT2D eigenvalue weighted by Crippen LogP contribution is -2.46. The van der Waals surface area contributed by atoms with Gasteiger partial charge in [-0.05, 0) is 31.6 Å². The Balaban J connectivity index is 1.90. The van der Waals surface area contributed by atoms with Gasteiger partial charge in [0.05, 0.1) is 35.8 Å². The second kappa shape index (κ2) is 16.4. The van der Waals surface area contributed by atoms with Crippen LogP contribution in [0.25, 0.3) is 10.8 Å². The van der Waals surface area contributed by atoms with Gasteiger partial charge in [-0.2, -0.15) is 0 Å². The van der Waals surface area contributed by atoms with Gasteiger partial charge in [0.25, 0.3) is 11.7 Å². The predicted octanol–water partition coefficient (Wildman–Crippen LogP) is 4.81. The highest BCUT2D eigenvalue weighted by Gasteiger charge is 2.49. The highest BCUT2D eigenvalue weighted by molar-refractivity contribution is 6.20. The van der Waals surface area contributed by atoms with E-state index >= 15 is 0 Å². The van der Waals surface area contributed by atoms with Gasteiger partial charge in [0.2, 0.25) is 0 Å². The van der Waals surface area contributed by atoms with Crippen LogP contribution in [-0.4, -0.2) is 88.0 Å². The zero-order valence-corrected chi connectivity index (χ0v) is 31.3. The topological polar surface area (TPSA) is 207 Å². The molecule has 5 rings (SSSR count).